The summed E-state index contributed by atoms with van der Waals surface area (Å²) >= 11 is 0. The predicted octanol–water partition coefficient (Wildman–Crippen LogP) is 1.97. The van der Waals surface area contributed by atoms with Crippen LogP contribution in [0, 0.1) is 15.9 Å². The number of nitro groups is 1. The lowest BCUT2D eigenvalue weighted by Gasteiger charge is -2.02. The Morgan fingerprint density at radius 1 is 1.48 bits per heavy atom. The number of rotatable bonds is 6. The first-order valence-electron chi connectivity index (χ1n) is 5.95. The van der Waals surface area contributed by atoms with E-state index in [2.05, 4.69) is 5.32 Å². The van der Waals surface area contributed by atoms with Crippen molar-refractivity contribution >= 4 is 23.6 Å². The standard InChI is InChI=1S/C13H13FN2O5/c1-8(17)15-5-3-2-4-9-6-12(16(20)21)10(13(18)19)7-11(9)14/h2,4,6-7H,3,5H2,1H3,(H,15,17)(H,18,19). The summed E-state index contributed by atoms with van der Waals surface area (Å²) in [5, 5.41) is 22.1. The first-order chi connectivity index (χ1) is 9.82. The SMILES string of the molecule is CC(=O)NCCC=Cc1cc([N+](=O)[O-])c(C(=O)O)cc1F. The third-order valence-corrected chi connectivity index (χ3v) is 2.52. The first-order valence-corrected chi connectivity index (χ1v) is 5.95. The number of nitrogens with one attached hydrogen (secondary N) is 1. The smallest absolute Gasteiger partial charge is 0.342 e. The molecule has 0 aliphatic rings. The van der Waals surface area contributed by atoms with Crippen LogP contribution in [0.15, 0.2) is 18.2 Å². The van der Waals surface area contributed by atoms with E-state index in [0.717, 1.165) is 6.07 Å². The molecular weight excluding hydrogens is 283 g/mol. The highest BCUT2D eigenvalue weighted by Gasteiger charge is 2.22. The van der Waals surface area contributed by atoms with Crippen LogP contribution in [-0.4, -0.2) is 28.5 Å². The fraction of sp³-hybridized carbons (Fsp3) is 0.231. The van der Waals surface area contributed by atoms with Crippen LogP contribution in [-0.2, 0) is 4.79 Å². The van der Waals surface area contributed by atoms with Crippen LogP contribution < -0.4 is 5.32 Å². The van der Waals surface area contributed by atoms with Gasteiger partial charge in [-0.2, -0.15) is 0 Å². The Balaban J connectivity index is 2.95. The molecule has 1 aromatic rings. The van der Waals surface area contributed by atoms with E-state index in [1.807, 2.05) is 0 Å². The summed E-state index contributed by atoms with van der Waals surface area (Å²) in [5.74, 6) is -2.63. The van der Waals surface area contributed by atoms with E-state index in [9.17, 15) is 24.1 Å². The van der Waals surface area contributed by atoms with Crippen molar-refractivity contribution in [1.82, 2.24) is 5.32 Å². The molecule has 0 unspecified atom stereocenters. The second-order valence-electron chi connectivity index (χ2n) is 4.13. The molecule has 0 saturated heterocycles. The molecule has 0 aliphatic carbocycles. The largest absolute Gasteiger partial charge is 0.477 e. The van der Waals surface area contributed by atoms with Crippen molar-refractivity contribution in [3.8, 4) is 0 Å². The average Bonchev–Trinajstić information content (AvgIpc) is 2.38. The Morgan fingerprint density at radius 2 is 2.14 bits per heavy atom. The first kappa shape index (κ1) is 16.3. The number of hydrogen-bond donors (Lipinski definition) is 2. The Kier molecular flexibility index (Phi) is 5.53. The number of carboxylic acids is 1. The van der Waals surface area contributed by atoms with Crippen molar-refractivity contribution in [2.75, 3.05) is 6.54 Å². The van der Waals surface area contributed by atoms with E-state index in [0.29, 0.717) is 19.0 Å². The van der Waals surface area contributed by atoms with Crippen LogP contribution in [0.4, 0.5) is 10.1 Å². The molecule has 112 valence electrons. The molecule has 1 rings (SSSR count). The van der Waals surface area contributed by atoms with E-state index < -0.39 is 28.0 Å². The van der Waals surface area contributed by atoms with Crippen LogP contribution in [0.1, 0.15) is 29.3 Å². The summed E-state index contributed by atoms with van der Waals surface area (Å²) in [7, 11) is 0. The Morgan fingerprint density at radius 3 is 2.67 bits per heavy atom. The van der Waals surface area contributed by atoms with Crippen molar-refractivity contribution in [1.29, 1.82) is 0 Å². The number of carbonyl (C=O) groups is 2. The normalized spacial score (nSPS) is 10.6. The number of aromatic carboxylic acids is 1. The predicted molar refractivity (Wildman–Crippen MR) is 72.3 cm³/mol. The van der Waals surface area contributed by atoms with E-state index in [4.69, 9.17) is 5.11 Å². The van der Waals surface area contributed by atoms with Crippen molar-refractivity contribution < 1.29 is 24.0 Å². The van der Waals surface area contributed by atoms with Gasteiger partial charge in [0, 0.05) is 25.1 Å². The molecular formula is C13H13FN2O5. The lowest BCUT2D eigenvalue weighted by Crippen LogP contribution is -2.20. The fourth-order valence-corrected chi connectivity index (χ4v) is 1.57. The summed E-state index contributed by atoms with van der Waals surface area (Å²) in [6.45, 7) is 1.71. The van der Waals surface area contributed by atoms with Crippen molar-refractivity contribution in [2.45, 2.75) is 13.3 Å². The van der Waals surface area contributed by atoms with Crippen molar-refractivity contribution in [2.24, 2.45) is 0 Å². The summed E-state index contributed by atoms with van der Waals surface area (Å²) in [4.78, 5) is 31.4. The van der Waals surface area contributed by atoms with Crippen molar-refractivity contribution in [3.05, 3.63) is 45.3 Å². The Labute approximate surface area is 119 Å². The third kappa shape index (κ3) is 4.68. The molecule has 0 aromatic heterocycles. The molecule has 21 heavy (non-hydrogen) atoms. The quantitative estimate of drug-likeness (QED) is 0.474. The zero-order chi connectivity index (χ0) is 16.0. The molecule has 2 N–H and O–H groups in total. The second kappa shape index (κ2) is 7.13. The van der Waals surface area contributed by atoms with Gasteiger partial charge in [0.2, 0.25) is 5.91 Å². The maximum absolute atomic E-state index is 13.7. The number of hydrogen-bond acceptors (Lipinski definition) is 4. The van der Waals surface area contributed by atoms with Crippen LogP contribution in [0.2, 0.25) is 0 Å². The maximum atomic E-state index is 13.7. The minimum atomic E-state index is -1.57. The van der Waals surface area contributed by atoms with Crippen LogP contribution >= 0.6 is 0 Å². The summed E-state index contributed by atoms with van der Waals surface area (Å²) in [5.41, 5.74) is -1.46. The number of benzene rings is 1. The highest BCUT2D eigenvalue weighted by Crippen LogP contribution is 2.24. The maximum Gasteiger partial charge on any atom is 0.342 e. The van der Waals surface area contributed by atoms with Gasteiger partial charge < -0.3 is 10.4 Å². The van der Waals surface area contributed by atoms with Gasteiger partial charge in [-0.25, -0.2) is 9.18 Å². The number of nitrogens with zero attached hydrogens (tertiary/aromatic N) is 1. The molecule has 0 atom stereocenters. The third-order valence-electron chi connectivity index (χ3n) is 2.52. The Hall–Kier alpha value is -2.77. The molecule has 0 aliphatic heterocycles. The second-order valence-corrected chi connectivity index (χ2v) is 4.13. The van der Waals surface area contributed by atoms with Gasteiger partial charge in [-0.05, 0) is 12.5 Å². The van der Waals surface area contributed by atoms with Crippen LogP contribution in [0.25, 0.3) is 6.08 Å². The highest BCUT2D eigenvalue weighted by atomic mass is 19.1. The summed E-state index contributed by atoms with van der Waals surface area (Å²) in [6.07, 6.45) is 3.24. The van der Waals surface area contributed by atoms with E-state index >= 15 is 0 Å². The molecule has 0 heterocycles. The summed E-state index contributed by atoms with van der Waals surface area (Å²) < 4.78 is 13.7. The molecule has 0 radical (unpaired) electrons. The van der Waals surface area contributed by atoms with Gasteiger partial charge >= 0.3 is 5.97 Å². The number of carbonyl (C=O) groups excluding carboxylic acids is 1. The lowest BCUT2D eigenvalue weighted by molar-refractivity contribution is -0.385. The number of carboxylic acid groups (broad SMARTS) is 1. The molecule has 0 saturated carbocycles. The molecule has 0 fully saturated rings. The zero-order valence-electron chi connectivity index (χ0n) is 11.1. The fourth-order valence-electron chi connectivity index (χ4n) is 1.57. The zero-order valence-corrected chi connectivity index (χ0v) is 11.1. The van der Waals surface area contributed by atoms with Gasteiger partial charge in [-0.1, -0.05) is 12.2 Å². The summed E-state index contributed by atoms with van der Waals surface area (Å²) in [6, 6.07) is 1.49. The highest BCUT2D eigenvalue weighted by molar-refractivity contribution is 5.92. The topological polar surface area (TPSA) is 110 Å². The van der Waals surface area contributed by atoms with E-state index in [1.165, 1.54) is 19.1 Å². The van der Waals surface area contributed by atoms with Crippen molar-refractivity contribution in [3.63, 3.8) is 0 Å². The van der Waals surface area contributed by atoms with Crippen LogP contribution in [0.3, 0.4) is 0 Å². The molecule has 0 bridgehead atoms. The van der Waals surface area contributed by atoms with Gasteiger partial charge in [0.05, 0.1) is 4.92 Å². The molecule has 1 aromatic carbocycles. The van der Waals surface area contributed by atoms with Gasteiger partial charge in [0.15, 0.2) is 0 Å². The van der Waals surface area contributed by atoms with E-state index in [1.54, 1.807) is 0 Å². The van der Waals surface area contributed by atoms with Gasteiger partial charge in [0.1, 0.15) is 11.4 Å². The van der Waals surface area contributed by atoms with Gasteiger partial charge in [-0.3, -0.25) is 14.9 Å². The Bertz CT molecular complexity index is 613. The van der Waals surface area contributed by atoms with Crippen LogP contribution in [0.5, 0.6) is 0 Å². The molecule has 0 spiro atoms. The van der Waals surface area contributed by atoms with E-state index in [-0.39, 0.29) is 11.5 Å². The minimum Gasteiger partial charge on any atom is -0.477 e. The average molecular weight is 296 g/mol. The number of amides is 1. The lowest BCUT2D eigenvalue weighted by atomic mass is 10.1. The molecule has 1 amide bonds. The monoisotopic (exact) mass is 296 g/mol. The number of halogens is 1. The minimum absolute atomic E-state index is 0.0884. The van der Waals surface area contributed by atoms with Gasteiger partial charge in [0.25, 0.3) is 5.69 Å². The molecule has 7 nitrogen and oxygen atoms in total. The number of nitro benzene ring substituents is 1. The van der Waals surface area contributed by atoms with Gasteiger partial charge in [-0.15, -0.1) is 0 Å². The molecule has 8 heteroatoms.